The van der Waals surface area contributed by atoms with Crippen molar-refractivity contribution in [2.75, 3.05) is 17.7 Å². The van der Waals surface area contributed by atoms with Gasteiger partial charge in [-0.1, -0.05) is 18.2 Å². The van der Waals surface area contributed by atoms with Crippen molar-refractivity contribution < 1.29 is 36.3 Å². The van der Waals surface area contributed by atoms with Crippen LogP contribution in [0.25, 0.3) is 0 Å². The van der Waals surface area contributed by atoms with Gasteiger partial charge in [0.05, 0.1) is 23.9 Å². The predicted molar refractivity (Wildman–Crippen MR) is 116 cm³/mol. The molecule has 0 radical (unpaired) electrons. The molecule has 0 atom stereocenters. The summed E-state index contributed by atoms with van der Waals surface area (Å²) in [6.45, 7) is 0. The van der Waals surface area contributed by atoms with Gasteiger partial charge in [-0.15, -0.1) is 0 Å². The first-order valence-electron chi connectivity index (χ1n) is 9.98. The van der Waals surface area contributed by atoms with Gasteiger partial charge in [-0.05, 0) is 54.4 Å². The molecule has 5 nitrogen and oxygen atoms in total. The van der Waals surface area contributed by atoms with Crippen LogP contribution in [-0.4, -0.2) is 18.9 Å². The number of benzene rings is 3. The summed E-state index contributed by atoms with van der Waals surface area (Å²) < 4.78 is 73.1. The summed E-state index contributed by atoms with van der Waals surface area (Å²) in [4.78, 5) is 24.5. The predicted octanol–water partition coefficient (Wildman–Crippen LogP) is 5.82. The van der Waals surface area contributed by atoms with Gasteiger partial charge in [-0.25, -0.2) is 8.78 Å². The number of amides is 2. The lowest BCUT2D eigenvalue weighted by molar-refractivity contribution is -0.136. The van der Waals surface area contributed by atoms with E-state index in [0.717, 1.165) is 18.2 Å². The molecule has 0 unspecified atom stereocenters. The summed E-state index contributed by atoms with van der Waals surface area (Å²) in [6, 6.07) is 11.9. The van der Waals surface area contributed by atoms with Crippen LogP contribution in [0.3, 0.4) is 0 Å². The Morgan fingerprint density at radius 3 is 2.29 bits per heavy atom. The van der Waals surface area contributed by atoms with Crippen LogP contribution in [0.15, 0.2) is 60.7 Å². The molecule has 0 saturated carbocycles. The molecule has 34 heavy (non-hydrogen) atoms. The minimum absolute atomic E-state index is 0.0326. The molecule has 0 spiro atoms. The van der Waals surface area contributed by atoms with Crippen molar-refractivity contribution in [3.05, 3.63) is 89.0 Å². The Labute approximate surface area is 191 Å². The summed E-state index contributed by atoms with van der Waals surface area (Å²) in [5.41, 5.74) is -1.80. The molecule has 2 N–H and O–H groups in total. The van der Waals surface area contributed by atoms with Gasteiger partial charge in [0, 0.05) is 12.1 Å². The fourth-order valence-electron chi connectivity index (χ4n) is 3.15. The second-order valence-corrected chi connectivity index (χ2v) is 7.21. The first-order valence-corrected chi connectivity index (χ1v) is 9.98. The van der Waals surface area contributed by atoms with Gasteiger partial charge in [-0.3, -0.25) is 9.59 Å². The minimum Gasteiger partial charge on any atom is -0.494 e. The lowest BCUT2D eigenvalue weighted by atomic mass is 10.1. The lowest BCUT2D eigenvalue weighted by Gasteiger charge is -2.16. The molecule has 0 aliphatic rings. The van der Waals surface area contributed by atoms with Gasteiger partial charge in [-0.2, -0.15) is 13.2 Å². The van der Waals surface area contributed by atoms with Crippen molar-refractivity contribution in [1.29, 1.82) is 0 Å². The Balaban J connectivity index is 1.72. The maximum atomic E-state index is 13.8. The number of carbonyl (C=O) groups is 2. The van der Waals surface area contributed by atoms with Crippen LogP contribution >= 0.6 is 0 Å². The topological polar surface area (TPSA) is 67.4 Å². The van der Waals surface area contributed by atoms with Crippen LogP contribution in [0.1, 0.15) is 27.9 Å². The fourth-order valence-corrected chi connectivity index (χ4v) is 3.15. The first kappa shape index (κ1) is 24.7. The number of alkyl halides is 3. The van der Waals surface area contributed by atoms with Gasteiger partial charge >= 0.3 is 6.18 Å². The summed E-state index contributed by atoms with van der Waals surface area (Å²) in [5, 5.41) is 4.41. The monoisotopic (exact) mass is 478 g/mol. The average molecular weight is 478 g/mol. The molecule has 0 aliphatic carbocycles. The molecule has 3 aromatic carbocycles. The molecule has 0 fully saturated rings. The Morgan fingerprint density at radius 1 is 0.912 bits per heavy atom. The van der Waals surface area contributed by atoms with Crippen molar-refractivity contribution >= 4 is 23.2 Å². The molecule has 0 bridgehead atoms. The standard InChI is InChI=1S/C24H19F5N2O3/c1-34-21-10-6-14(12-19(21)26)7-11-22(32)31-20-9-8-15(13-17(20)24(27,28)29)30-23(33)16-4-2-3-5-18(16)25/h2-6,8-10,12-13H,7,11H2,1H3,(H,30,33)(H,31,32). The van der Waals surface area contributed by atoms with Crippen LogP contribution in [-0.2, 0) is 17.4 Å². The summed E-state index contributed by atoms with van der Waals surface area (Å²) >= 11 is 0. The average Bonchev–Trinajstić information content (AvgIpc) is 2.78. The highest BCUT2D eigenvalue weighted by Gasteiger charge is 2.34. The van der Waals surface area contributed by atoms with Crippen LogP contribution in [0.4, 0.5) is 33.3 Å². The number of aryl methyl sites for hydroxylation is 1. The number of nitrogens with one attached hydrogen (secondary N) is 2. The first-order chi connectivity index (χ1) is 16.1. The molecule has 10 heteroatoms. The van der Waals surface area contributed by atoms with Gasteiger partial charge < -0.3 is 15.4 Å². The number of hydrogen-bond donors (Lipinski definition) is 2. The van der Waals surface area contributed by atoms with E-state index >= 15 is 0 Å². The van der Waals surface area contributed by atoms with E-state index in [1.54, 1.807) is 6.07 Å². The fraction of sp³-hybridized carbons (Fsp3) is 0.167. The number of rotatable bonds is 7. The Morgan fingerprint density at radius 2 is 1.65 bits per heavy atom. The van der Waals surface area contributed by atoms with Gasteiger partial charge in [0.15, 0.2) is 11.6 Å². The summed E-state index contributed by atoms with van der Waals surface area (Å²) in [7, 11) is 1.31. The number of ether oxygens (including phenoxy) is 1. The van der Waals surface area contributed by atoms with E-state index in [9.17, 15) is 31.5 Å². The van der Waals surface area contributed by atoms with Crippen molar-refractivity contribution in [2.24, 2.45) is 0 Å². The molecular weight excluding hydrogens is 459 g/mol. The van der Waals surface area contributed by atoms with E-state index in [-0.39, 0.29) is 29.8 Å². The van der Waals surface area contributed by atoms with Crippen molar-refractivity contribution in [3.63, 3.8) is 0 Å². The zero-order valence-corrected chi connectivity index (χ0v) is 17.8. The molecular formula is C24H19F5N2O3. The van der Waals surface area contributed by atoms with E-state index in [0.29, 0.717) is 11.6 Å². The zero-order valence-electron chi connectivity index (χ0n) is 17.8. The summed E-state index contributed by atoms with van der Waals surface area (Å²) in [6.07, 6.45) is -4.96. The molecule has 0 saturated heterocycles. The van der Waals surface area contributed by atoms with Gasteiger partial charge in [0.2, 0.25) is 5.91 Å². The van der Waals surface area contributed by atoms with Crippen molar-refractivity contribution in [3.8, 4) is 5.75 Å². The van der Waals surface area contributed by atoms with E-state index in [4.69, 9.17) is 4.74 Å². The van der Waals surface area contributed by atoms with Crippen molar-refractivity contribution in [2.45, 2.75) is 19.0 Å². The third kappa shape index (κ3) is 6.09. The van der Waals surface area contributed by atoms with Crippen LogP contribution in [0.5, 0.6) is 5.75 Å². The quantitative estimate of drug-likeness (QED) is 0.421. The van der Waals surface area contributed by atoms with Crippen LogP contribution in [0, 0.1) is 11.6 Å². The smallest absolute Gasteiger partial charge is 0.418 e. The molecule has 0 heterocycles. The highest BCUT2D eigenvalue weighted by Crippen LogP contribution is 2.37. The van der Waals surface area contributed by atoms with E-state index < -0.39 is 40.9 Å². The number of methoxy groups -OCH3 is 1. The number of halogens is 5. The molecule has 0 aliphatic heterocycles. The Kier molecular flexibility index (Phi) is 7.50. The number of hydrogen-bond acceptors (Lipinski definition) is 3. The molecule has 178 valence electrons. The van der Waals surface area contributed by atoms with Crippen LogP contribution in [0.2, 0.25) is 0 Å². The van der Waals surface area contributed by atoms with Crippen molar-refractivity contribution in [1.82, 2.24) is 0 Å². The molecule has 3 aromatic rings. The van der Waals surface area contributed by atoms with Gasteiger partial charge in [0.25, 0.3) is 5.91 Å². The van der Waals surface area contributed by atoms with E-state index in [1.807, 2.05) is 0 Å². The third-order valence-electron chi connectivity index (χ3n) is 4.83. The Bertz CT molecular complexity index is 1210. The van der Waals surface area contributed by atoms with E-state index in [1.165, 1.54) is 37.4 Å². The van der Waals surface area contributed by atoms with Gasteiger partial charge in [0.1, 0.15) is 5.82 Å². The minimum atomic E-state index is -4.85. The molecule has 2 amide bonds. The Hall–Kier alpha value is -3.95. The second-order valence-electron chi connectivity index (χ2n) is 7.21. The van der Waals surface area contributed by atoms with Crippen LogP contribution < -0.4 is 15.4 Å². The zero-order chi connectivity index (χ0) is 24.9. The summed E-state index contributed by atoms with van der Waals surface area (Å²) in [5.74, 6) is -3.05. The molecule has 0 aromatic heterocycles. The third-order valence-corrected chi connectivity index (χ3v) is 4.83. The molecule has 3 rings (SSSR count). The highest BCUT2D eigenvalue weighted by molar-refractivity contribution is 6.04. The van der Waals surface area contributed by atoms with E-state index in [2.05, 4.69) is 10.6 Å². The number of carbonyl (C=O) groups excluding carboxylic acids is 2. The highest BCUT2D eigenvalue weighted by atomic mass is 19.4. The normalized spacial score (nSPS) is 11.1. The SMILES string of the molecule is COc1ccc(CCC(=O)Nc2ccc(NC(=O)c3ccccc3F)cc2C(F)(F)F)cc1F. The lowest BCUT2D eigenvalue weighted by Crippen LogP contribution is -2.18. The second kappa shape index (κ2) is 10.3. The largest absolute Gasteiger partial charge is 0.494 e. The maximum Gasteiger partial charge on any atom is 0.418 e. The number of anilines is 2. The maximum absolute atomic E-state index is 13.8.